The maximum atomic E-state index is 5.93. The molecule has 10 nitrogen and oxygen atoms in total. The smallest absolute Gasteiger partial charge is 0.136 e. The molecule has 3 aliphatic rings. The highest BCUT2D eigenvalue weighted by molar-refractivity contribution is 7.19. The summed E-state index contributed by atoms with van der Waals surface area (Å²) in [5.74, 6) is 0. The number of furan rings is 3. The monoisotopic (exact) mass is 1750 g/mol. The lowest BCUT2D eigenvalue weighted by Crippen LogP contribution is -2.18. The molecule has 0 aliphatic heterocycles. The van der Waals surface area contributed by atoms with Crippen molar-refractivity contribution in [3.8, 4) is 0 Å². The Morgan fingerprint density at radius 2 is 0.574 bits per heavy atom. The average Bonchev–Trinajstić information content (AvgIpc) is 1.56. The standard InChI is InChI=1S/C34H35N.C28H26N4.C25H17NO3.C25H17NS3.4CH4/c1-22-16-17-25-28(18-22)34(6,7)21-31(25)35(29-19-32(2,3)26-14-10-8-12-23(26)29)30-20-33(4,5)27-15-11-9-13-24(27)30;1-19-13-14-22-25(15-19)31(4)18-28(22)32(26-16-29(2)23-11-7-5-9-20(23)26)27-17-30(3)24-12-8-6-10-21(24)27;2*1-16-10-11-19-22(15-29-25(19)12-16)26(20-13-27-23-8-4-2-6-17(20)23)21-14-28-24-9-5-3-7-18(21)24;;;;/h8-21H,1-7H3;5-18H,1-4H3;2*2-15H,1H3;4*1H4. The Morgan fingerprint density at radius 1 is 0.256 bits per heavy atom. The van der Waals surface area contributed by atoms with E-state index in [2.05, 4.69) is 407 Å². The van der Waals surface area contributed by atoms with Gasteiger partial charge in [0.2, 0.25) is 0 Å². The van der Waals surface area contributed by atoms with Gasteiger partial charge in [-0.2, -0.15) is 0 Å². The Bertz CT molecular complexity index is 7410. The first-order valence-corrected chi connectivity index (χ1v) is 45.4. The Kier molecular flexibility index (Phi) is 23.0. The zero-order chi connectivity index (χ0) is 85.5. The van der Waals surface area contributed by atoms with Crippen LogP contribution in [0.1, 0.15) is 127 Å². The number of aromatic nitrogens is 3. The molecule has 0 fully saturated rings. The van der Waals surface area contributed by atoms with Gasteiger partial charge in [-0.05, 0) is 152 Å². The van der Waals surface area contributed by atoms with Gasteiger partial charge in [0.15, 0.2) is 0 Å². The first kappa shape index (κ1) is 87.3. The number of rotatable bonds is 12. The summed E-state index contributed by atoms with van der Waals surface area (Å²) in [5, 5.41) is 17.7. The van der Waals surface area contributed by atoms with E-state index in [4.69, 9.17) is 13.3 Å². The van der Waals surface area contributed by atoms with Gasteiger partial charge in [0, 0.05) is 162 Å². The van der Waals surface area contributed by atoms with E-state index >= 15 is 0 Å². The summed E-state index contributed by atoms with van der Waals surface area (Å²) in [5.41, 5.74) is 33.4. The van der Waals surface area contributed by atoms with E-state index in [1.165, 1.54) is 164 Å². The first-order valence-electron chi connectivity index (χ1n) is 42.8. The van der Waals surface area contributed by atoms with Crippen LogP contribution in [0.3, 0.4) is 0 Å². The number of fused-ring (bicyclic) bond motifs is 12. The molecule has 0 atom stereocenters. The molecule has 0 bridgehead atoms. The quantitative estimate of drug-likeness (QED) is 0.121. The van der Waals surface area contributed by atoms with E-state index in [0.29, 0.717) is 0 Å². The highest BCUT2D eigenvalue weighted by Crippen LogP contribution is 2.57. The Labute approximate surface area is 769 Å². The average molecular weight is 1750 g/mol. The van der Waals surface area contributed by atoms with Crippen molar-refractivity contribution in [2.24, 2.45) is 21.1 Å². The number of anilines is 9. The lowest BCUT2D eigenvalue weighted by atomic mass is 9.86. The summed E-state index contributed by atoms with van der Waals surface area (Å²) >= 11 is 5.46. The number of nitrogens with zero attached hydrogens (tertiary/aromatic N) is 7. The minimum absolute atomic E-state index is 0. The lowest BCUT2D eigenvalue weighted by Gasteiger charge is -2.31. The van der Waals surface area contributed by atoms with Crippen LogP contribution in [0.25, 0.3) is 113 Å². The van der Waals surface area contributed by atoms with Crippen LogP contribution in [0, 0.1) is 27.7 Å². The molecule has 129 heavy (non-hydrogen) atoms. The number of hydrogen-bond acceptors (Lipinski definition) is 10. The van der Waals surface area contributed by atoms with Crippen LogP contribution in [0.4, 0.5) is 51.2 Å². The second-order valence-corrected chi connectivity index (χ2v) is 38.1. The van der Waals surface area contributed by atoms with Crippen LogP contribution in [-0.4, -0.2) is 18.6 Å². The highest BCUT2D eigenvalue weighted by Gasteiger charge is 2.43. The van der Waals surface area contributed by atoms with E-state index in [0.717, 1.165) is 55.5 Å². The topological polar surface area (TPSA) is 67.2 Å². The van der Waals surface area contributed by atoms with E-state index < -0.39 is 0 Å². The number of hydrogen-bond donors (Lipinski definition) is 0. The van der Waals surface area contributed by atoms with Crippen molar-refractivity contribution in [1.82, 2.24) is 18.6 Å². The van der Waals surface area contributed by atoms with E-state index in [1.54, 1.807) is 18.8 Å². The molecule has 9 heterocycles. The molecule has 646 valence electrons. The zero-order valence-electron chi connectivity index (χ0n) is 72.4. The Hall–Kier alpha value is -13.8. The fourth-order valence-corrected chi connectivity index (χ4v) is 22.2. The largest absolute Gasteiger partial charge is 0.462 e. The zero-order valence-corrected chi connectivity index (χ0v) is 74.9. The van der Waals surface area contributed by atoms with Gasteiger partial charge in [0.05, 0.1) is 73.8 Å². The van der Waals surface area contributed by atoms with Crippen LogP contribution in [0.5, 0.6) is 0 Å². The molecule has 0 radical (unpaired) electrons. The van der Waals surface area contributed by atoms with Gasteiger partial charge in [-0.3, -0.25) is 4.90 Å². The molecule has 13 heteroatoms. The molecule has 0 saturated carbocycles. The number of allylic oxidation sites excluding steroid dienone is 3. The highest BCUT2D eigenvalue weighted by atomic mass is 32.1. The summed E-state index contributed by atoms with van der Waals surface area (Å²) in [7, 11) is 6.38. The maximum absolute atomic E-state index is 5.93. The van der Waals surface area contributed by atoms with Crippen LogP contribution in [0.15, 0.2) is 352 Å². The molecular weight excluding hydrogens is 1640 g/mol. The second kappa shape index (κ2) is 34.1. The summed E-state index contributed by atoms with van der Waals surface area (Å²) in [6.07, 6.45) is 19.6. The van der Waals surface area contributed by atoms with Crippen LogP contribution in [-0.2, 0) is 37.4 Å². The lowest BCUT2D eigenvalue weighted by molar-refractivity contribution is 0.611. The minimum atomic E-state index is -0.0304. The second-order valence-electron chi connectivity index (χ2n) is 35.4. The fraction of sp³-hybridized carbons (Fsp3) is 0.172. The van der Waals surface area contributed by atoms with Gasteiger partial charge in [-0.15, -0.1) is 34.0 Å². The molecule has 0 amide bonds. The molecule has 0 unspecified atom stereocenters. The number of benzene rings is 12. The summed E-state index contributed by atoms with van der Waals surface area (Å²) in [6.45, 7) is 22.6. The maximum Gasteiger partial charge on any atom is 0.136 e. The van der Waals surface area contributed by atoms with Gasteiger partial charge in [-0.1, -0.05) is 271 Å². The summed E-state index contributed by atoms with van der Waals surface area (Å²) in [4.78, 5) is 9.62. The normalized spacial score (nSPS) is 13.5. The third kappa shape index (κ3) is 15.0. The minimum Gasteiger partial charge on any atom is -0.462 e. The van der Waals surface area contributed by atoms with Crippen molar-refractivity contribution in [2.45, 2.75) is 115 Å². The molecular formula is C116H111N7O3S3. The first-order chi connectivity index (χ1) is 60.6. The van der Waals surface area contributed by atoms with Crippen LogP contribution >= 0.6 is 34.0 Å². The van der Waals surface area contributed by atoms with Gasteiger partial charge in [0.25, 0.3) is 0 Å². The molecule has 0 spiro atoms. The number of thiophene rings is 3. The Balaban J connectivity index is 0.000000120. The van der Waals surface area contributed by atoms with Gasteiger partial charge in [0.1, 0.15) is 35.5 Å². The van der Waals surface area contributed by atoms with E-state index in [9.17, 15) is 0 Å². The van der Waals surface area contributed by atoms with Crippen molar-refractivity contribution < 1.29 is 13.3 Å². The third-order valence-corrected chi connectivity index (χ3v) is 28.3. The molecule has 9 aromatic heterocycles. The van der Waals surface area contributed by atoms with Crippen molar-refractivity contribution >= 4 is 198 Å². The van der Waals surface area contributed by atoms with Crippen LogP contribution < -0.4 is 14.7 Å². The van der Waals surface area contributed by atoms with E-state index in [1.807, 2.05) is 70.4 Å². The van der Waals surface area contributed by atoms with Crippen LogP contribution in [0.2, 0.25) is 0 Å². The van der Waals surface area contributed by atoms with Gasteiger partial charge in [-0.25, -0.2) is 0 Å². The van der Waals surface area contributed by atoms with Gasteiger partial charge < -0.3 is 41.7 Å². The molecule has 12 aromatic carbocycles. The fourth-order valence-electron chi connectivity index (χ4n) is 19.3. The molecule has 0 saturated heterocycles. The van der Waals surface area contributed by atoms with E-state index in [-0.39, 0.29) is 46.0 Å². The SMILES string of the molecule is C.C.C.C.Cc1ccc2c(N(c3cn(C)c4ccccc34)c3cn(C)c4ccccc34)cn(C)c2c1.Cc1ccc2c(N(c3coc4ccccc34)c3coc4ccccc34)coc2c1.Cc1ccc2c(N(c3csc4ccccc34)c3csc4ccccc34)csc2c1.Cc1ccc2c(c1)C(C)(C)C=C2N(C1=CC(C)(C)c2ccccc21)C1=CC(C)(C)c2ccccc21. The predicted molar refractivity (Wildman–Crippen MR) is 558 cm³/mol. The van der Waals surface area contributed by atoms with Gasteiger partial charge >= 0.3 is 0 Å². The molecule has 24 rings (SSSR count). The molecule has 21 aromatic rings. The molecule has 3 aliphatic carbocycles. The molecule has 0 N–H and O–H groups in total. The Morgan fingerprint density at radius 3 is 1.07 bits per heavy atom. The summed E-state index contributed by atoms with van der Waals surface area (Å²) < 4.78 is 28.3. The predicted octanol–water partition coefficient (Wildman–Crippen LogP) is 34.9. The number of para-hydroxylation sites is 4. The van der Waals surface area contributed by atoms with Crippen molar-refractivity contribution in [3.63, 3.8) is 0 Å². The van der Waals surface area contributed by atoms with Crippen molar-refractivity contribution in [2.75, 3.05) is 14.7 Å². The van der Waals surface area contributed by atoms with Crippen molar-refractivity contribution in [3.05, 3.63) is 394 Å². The number of aryl methyl sites for hydroxylation is 7. The van der Waals surface area contributed by atoms with Crippen molar-refractivity contribution in [1.29, 1.82) is 0 Å². The third-order valence-electron chi connectivity index (χ3n) is 25.5. The summed E-state index contributed by atoms with van der Waals surface area (Å²) in [6, 6.07) is 95.3.